The molecule has 0 aliphatic carbocycles. The van der Waals surface area contributed by atoms with E-state index in [0.717, 1.165) is 17.7 Å². The molecule has 1 aliphatic heterocycles. The number of anilines is 1. The minimum Gasteiger partial charge on any atom is -0.368 e. The zero-order valence-electron chi connectivity index (χ0n) is 17.9. The molecule has 1 atom stereocenters. The maximum Gasteiger partial charge on any atom is 0.418 e. The van der Waals surface area contributed by atoms with Gasteiger partial charge in [-0.3, -0.25) is 0 Å². The van der Waals surface area contributed by atoms with Gasteiger partial charge in [0.1, 0.15) is 5.82 Å². The molecule has 0 radical (unpaired) electrons. The Bertz CT molecular complexity index is 1060. The van der Waals surface area contributed by atoms with Crippen molar-refractivity contribution in [1.29, 1.82) is 0 Å². The summed E-state index contributed by atoms with van der Waals surface area (Å²) >= 11 is 0. The number of hydrogen-bond donors (Lipinski definition) is 0. The Labute approximate surface area is 180 Å². The fraction of sp³-hybridized carbons (Fsp3) is 0.455. The molecule has 3 rings (SSSR count). The second kappa shape index (κ2) is 8.09. The fourth-order valence-electron chi connectivity index (χ4n) is 3.79. The van der Waals surface area contributed by atoms with Crippen molar-refractivity contribution in [1.82, 2.24) is 4.31 Å². The van der Waals surface area contributed by atoms with Crippen LogP contribution in [0.15, 0.2) is 47.4 Å². The van der Waals surface area contributed by atoms with Crippen LogP contribution in [0.2, 0.25) is 0 Å². The lowest BCUT2D eigenvalue weighted by Gasteiger charge is -2.40. The van der Waals surface area contributed by atoms with Crippen LogP contribution in [-0.4, -0.2) is 38.4 Å². The smallest absolute Gasteiger partial charge is 0.368 e. The van der Waals surface area contributed by atoms with Crippen LogP contribution in [0.25, 0.3) is 0 Å². The van der Waals surface area contributed by atoms with Gasteiger partial charge in [-0.1, -0.05) is 32.9 Å². The molecule has 170 valence electrons. The van der Waals surface area contributed by atoms with Gasteiger partial charge in [-0.25, -0.2) is 12.8 Å². The first-order chi connectivity index (χ1) is 14.2. The molecule has 0 N–H and O–H groups in total. The van der Waals surface area contributed by atoms with E-state index in [2.05, 4.69) is 0 Å². The Morgan fingerprint density at radius 2 is 1.68 bits per heavy atom. The molecule has 0 unspecified atom stereocenters. The topological polar surface area (TPSA) is 40.6 Å². The highest BCUT2D eigenvalue weighted by atomic mass is 32.2. The van der Waals surface area contributed by atoms with Crippen LogP contribution in [0.5, 0.6) is 0 Å². The highest BCUT2D eigenvalue weighted by molar-refractivity contribution is 7.89. The number of rotatable bonds is 3. The van der Waals surface area contributed by atoms with Gasteiger partial charge in [-0.2, -0.15) is 17.5 Å². The van der Waals surface area contributed by atoms with E-state index >= 15 is 0 Å². The maximum atomic E-state index is 13.4. The van der Waals surface area contributed by atoms with Crippen molar-refractivity contribution in [3.8, 4) is 0 Å². The molecular weight excluding hydrogens is 432 g/mol. The SMILES string of the molecule is C[C@@H]1CN(c2ccc(F)cc2C(F)(F)F)CCN1S(=O)(=O)c1cccc(C(C)(C)C)c1. The van der Waals surface area contributed by atoms with Crippen LogP contribution in [-0.2, 0) is 21.6 Å². The second-order valence-corrected chi connectivity index (χ2v) is 10.7. The molecule has 1 fully saturated rings. The van der Waals surface area contributed by atoms with E-state index in [1.807, 2.05) is 26.8 Å². The third kappa shape index (κ3) is 4.87. The van der Waals surface area contributed by atoms with E-state index in [1.165, 1.54) is 15.3 Å². The fourth-order valence-corrected chi connectivity index (χ4v) is 5.45. The maximum absolute atomic E-state index is 13.4. The molecule has 0 bridgehead atoms. The van der Waals surface area contributed by atoms with Gasteiger partial charge in [0.05, 0.1) is 10.5 Å². The summed E-state index contributed by atoms with van der Waals surface area (Å²) in [6.07, 6.45) is -4.71. The van der Waals surface area contributed by atoms with Crippen molar-refractivity contribution in [2.45, 2.75) is 50.2 Å². The summed E-state index contributed by atoms with van der Waals surface area (Å²) in [5.74, 6) is -0.968. The first-order valence-electron chi connectivity index (χ1n) is 9.95. The molecule has 0 amide bonds. The third-order valence-electron chi connectivity index (χ3n) is 5.48. The van der Waals surface area contributed by atoms with Crippen LogP contribution in [0, 0.1) is 5.82 Å². The largest absolute Gasteiger partial charge is 0.418 e. The van der Waals surface area contributed by atoms with Gasteiger partial charge >= 0.3 is 6.18 Å². The number of benzene rings is 2. The summed E-state index contributed by atoms with van der Waals surface area (Å²) in [6, 6.07) is 8.74. The Hall–Kier alpha value is -2.13. The second-order valence-electron chi connectivity index (χ2n) is 8.85. The number of nitrogens with zero attached hydrogens (tertiary/aromatic N) is 2. The molecule has 1 saturated heterocycles. The Morgan fingerprint density at radius 3 is 2.26 bits per heavy atom. The minimum atomic E-state index is -4.71. The molecule has 2 aromatic rings. The van der Waals surface area contributed by atoms with Gasteiger partial charge in [-0.15, -0.1) is 0 Å². The van der Waals surface area contributed by atoms with Gasteiger partial charge in [0.25, 0.3) is 0 Å². The standard InChI is InChI=1S/C22H26F4N2O2S/c1-15-14-27(20-9-8-17(23)13-19(20)22(24,25)26)10-11-28(15)31(29,30)18-7-5-6-16(12-18)21(2,3)4/h5-9,12-13,15H,10-11,14H2,1-4H3/t15-/m1/s1. The van der Waals surface area contributed by atoms with Crippen molar-refractivity contribution in [2.24, 2.45) is 0 Å². The first-order valence-corrected chi connectivity index (χ1v) is 11.4. The molecule has 0 saturated carbocycles. The summed E-state index contributed by atoms with van der Waals surface area (Å²) in [7, 11) is -3.82. The van der Waals surface area contributed by atoms with E-state index < -0.39 is 33.6 Å². The number of halogens is 4. The number of sulfonamides is 1. The van der Waals surface area contributed by atoms with Crippen LogP contribution >= 0.6 is 0 Å². The number of alkyl halides is 3. The molecule has 2 aromatic carbocycles. The van der Waals surface area contributed by atoms with E-state index in [4.69, 9.17) is 0 Å². The average Bonchev–Trinajstić information content (AvgIpc) is 2.66. The Morgan fingerprint density at radius 1 is 1.00 bits per heavy atom. The molecule has 0 spiro atoms. The summed E-state index contributed by atoms with van der Waals surface area (Å²) in [6.45, 7) is 7.78. The highest BCUT2D eigenvalue weighted by Crippen LogP contribution is 2.38. The van der Waals surface area contributed by atoms with Crippen molar-refractivity contribution in [2.75, 3.05) is 24.5 Å². The minimum absolute atomic E-state index is 0.0257. The summed E-state index contributed by atoms with van der Waals surface area (Å²) in [5.41, 5.74) is -0.561. The number of piperazine rings is 1. The lowest BCUT2D eigenvalue weighted by molar-refractivity contribution is -0.137. The van der Waals surface area contributed by atoms with Crippen molar-refractivity contribution in [3.05, 3.63) is 59.4 Å². The molecule has 31 heavy (non-hydrogen) atoms. The average molecular weight is 459 g/mol. The summed E-state index contributed by atoms with van der Waals surface area (Å²) in [5, 5.41) is 0. The lowest BCUT2D eigenvalue weighted by Crippen LogP contribution is -2.54. The van der Waals surface area contributed by atoms with Crippen LogP contribution in [0.1, 0.15) is 38.8 Å². The van der Waals surface area contributed by atoms with E-state index in [9.17, 15) is 26.0 Å². The number of hydrogen-bond acceptors (Lipinski definition) is 3. The monoisotopic (exact) mass is 458 g/mol. The third-order valence-corrected chi connectivity index (χ3v) is 7.49. The van der Waals surface area contributed by atoms with E-state index in [-0.39, 0.29) is 35.6 Å². The van der Waals surface area contributed by atoms with Gasteiger partial charge in [-0.05, 0) is 48.2 Å². The predicted octanol–water partition coefficient (Wildman–Crippen LogP) is 5.04. The quantitative estimate of drug-likeness (QED) is 0.605. The molecule has 1 heterocycles. The van der Waals surface area contributed by atoms with E-state index in [1.54, 1.807) is 19.1 Å². The molecule has 1 aliphatic rings. The molecule has 9 heteroatoms. The van der Waals surface area contributed by atoms with Crippen molar-refractivity contribution >= 4 is 15.7 Å². The lowest BCUT2D eigenvalue weighted by atomic mass is 9.87. The van der Waals surface area contributed by atoms with Crippen LogP contribution < -0.4 is 4.90 Å². The predicted molar refractivity (Wildman–Crippen MR) is 112 cm³/mol. The molecule has 0 aromatic heterocycles. The van der Waals surface area contributed by atoms with E-state index in [0.29, 0.717) is 6.07 Å². The Kier molecular flexibility index (Phi) is 6.14. The van der Waals surface area contributed by atoms with Gasteiger partial charge in [0, 0.05) is 31.4 Å². The Balaban J connectivity index is 1.88. The normalized spacial score (nSPS) is 19.0. The first kappa shape index (κ1) is 23.5. The van der Waals surface area contributed by atoms with Crippen molar-refractivity contribution < 1.29 is 26.0 Å². The van der Waals surface area contributed by atoms with Gasteiger partial charge in [0.2, 0.25) is 10.0 Å². The summed E-state index contributed by atoms with van der Waals surface area (Å²) in [4.78, 5) is 1.63. The zero-order chi connectivity index (χ0) is 23.2. The van der Waals surface area contributed by atoms with Crippen LogP contribution in [0.4, 0.5) is 23.2 Å². The van der Waals surface area contributed by atoms with Gasteiger partial charge in [0.15, 0.2) is 0 Å². The van der Waals surface area contributed by atoms with Crippen LogP contribution in [0.3, 0.4) is 0 Å². The molecule has 4 nitrogen and oxygen atoms in total. The summed E-state index contributed by atoms with van der Waals surface area (Å²) < 4.78 is 81.5. The highest BCUT2D eigenvalue weighted by Gasteiger charge is 2.39. The zero-order valence-corrected chi connectivity index (χ0v) is 18.7. The van der Waals surface area contributed by atoms with Crippen molar-refractivity contribution in [3.63, 3.8) is 0 Å². The van der Waals surface area contributed by atoms with Gasteiger partial charge < -0.3 is 4.90 Å². The molecular formula is C22H26F4N2O2S.